The minimum atomic E-state index is -2.33. The predicted octanol–water partition coefficient (Wildman–Crippen LogP) is 2.25. The molecule has 0 spiro atoms. The van der Waals surface area contributed by atoms with Crippen LogP contribution in [0.5, 0.6) is 0 Å². The van der Waals surface area contributed by atoms with Crippen molar-refractivity contribution < 1.29 is 48.6 Å². The number of Topliss-reactive ketones (excluding diaryl/α,β-unsaturated/α-hetero) is 1. The van der Waals surface area contributed by atoms with Crippen LogP contribution in [0.1, 0.15) is 43.1 Å². The number of carbonyl (C=O) groups is 2. The van der Waals surface area contributed by atoms with Gasteiger partial charge in [-0.3, -0.25) is 4.79 Å². The Balaban J connectivity index is 1.40. The first-order valence-electron chi connectivity index (χ1n) is 15.2. The third-order valence-corrected chi connectivity index (χ3v) is 11.5. The van der Waals surface area contributed by atoms with Gasteiger partial charge in [0.05, 0.1) is 17.8 Å². The molecule has 44 heavy (non-hydrogen) atoms. The second kappa shape index (κ2) is 8.85. The van der Waals surface area contributed by atoms with Crippen LogP contribution in [-0.4, -0.2) is 80.5 Å². The fourth-order valence-electron chi connectivity index (χ4n) is 9.52. The highest BCUT2D eigenvalue weighted by Crippen LogP contribution is 2.74. The molecule has 0 radical (unpaired) electrons. The molecule has 10 nitrogen and oxygen atoms in total. The van der Waals surface area contributed by atoms with E-state index in [0.29, 0.717) is 16.7 Å². The number of hydrogen-bond acceptors (Lipinski definition) is 10. The van der Waals surface area contributed by atoms with Crippen LogP contribution in [0, 0.1) is 23.7 Å². The van der Waals surface area contributed by atoms with Crippen molar-refractivity contribution in [2.75, 3.05) is 6.61 Å². The van der Waals surface area contributed by atoms with Gasteiger partial charge in [0.2, 0.25) is 0 Å². The largest absolute Gasteiger partial charge is 0.455 e. The normalized spacial score (nSPS) is 49.5. The predicted molar refractivity (Wildman–Crippen MR) is 152 cm³/mol. The zero-order chi connectivity index (χ0) is 31.0. The molecule has 3 N–H and O–H groups in total. The van der Waals surface area contributed by atoms with E-state index in [1.807, 2.05) is 25.1 Å². The highest BCUT2D eigenvalue weighted by Gasteiger charge is 2.91. The third-order valence-electron chi connectivity index (χ3n) is 11.5. The van der Waals surface area contributed by atoms with Crippen molar-refractivity contribution in [3.63, 3.8) is 0 Å². The summed E-state index contributed by atoms with van der Waals surface area (Å²) in [6.07, 6.45) is -4.39. The number of esters is 1. The minimum absolute atomic E-state index is 0.179. The quantitative estimate of drug-likeness (QED) is 0.264. The van der Waals surface area contributed by atoms with Gasteiger partial charge in [0, 0.05) is 29.2 Å². The molecular formula is C34H36O10. The first-order chi connectivity index (χ1) is 20.9. The molecular weight excluding hydrogens is 568 g/mol. The lowest BCUT2D eigenvalue weighted by molar-refractivity contribution is -0.443. The molecule has 8 rings (SSSR count). The number of ether oxygens (including phenoxy) is 5. The summed E-state index contributed by atoms with van der Waals surface area (Å²) in [4.78, 5) is 27.6. The lowest BCUT2D eigenvalue weighted by Crippen LogP contribution is -2.76. The Bertz CT molecular complexity index is 1560. The van der Waals surface area contributed by atoms with Crippen LogP contribution >= 0.6 is 0 Å². The molecule has 4 unspecified atom stereocenters. The summed E-state index contributed by atoms with van der Waals surface area (Å²) in [5.74, 6) is -6.07. The second-order valence-electron chi connectivity index (χ2n) is 13.5. The molecule has 3 aliphatic heterocycles. The molecule has 3 saturated carbocycles. The zero-order valence-electron chi connectivity index (χ0n) is 24.7. The van der Waals surface area contributed by atoms with Gasteiger partial charge in [-0.2, -0.15) is 0 Å². The van der Waals surface area contributed by atoms with Crippen molar-refractivity contribution in [2.45, 2.75) is 80.0 Å². The Morgan fingerprint density at radius 1 is 1.02 bits per heavy atom. The first-order valence-corrected chi connectivity index (χ1v) is 15.2. The number of hydrogen-bond donors (Lipinski definition) is 3. The van der Waals surface area contributed by atoms with Gasteiger partial charge in [-0.1, -0.05) is 69.0 Å². The number of rotatable bonds is 5. The van der Waals surface area contributed by atoms with Crippen LogP contribution in [0.2, 0.25) is 0 Å². The van der Waals surface area contributed by atoms with Crippen molar-refractivity contribution in [1.29, 1.82) is 0 Å². The standard InChI is InChI=1S/C34H36O10/c1-17(2)32-25(40-28(37)20-11-7-5-8-12-20)19(4)33-22-15-18(3)24(36)31(22,39)29(38)30(16-35)26(41-30)23(33)27(32)42-34(43-32,44-33)21-13-9-6-10-14-21/h5-14,18-19,22-23,25-27,29,35,38-39H,1,15-16H2,2-4H3/t18?,19-,22?,23?,25-,26?,27-,29-,30+,31-,32+,33+,34-/m1/s1. The highest BCUT2D eigenvalue weighted by molar-refractivity contribution is 5.93. The van der Waals surface area contributed by atoms with Gasteiger partial charge in [-0.15, -0.1) is 0 Å². The topological polar surface area (TPSA) is 144 Å². The SMILES string of the molecule is C=C(C)[C@@]12O[C@@]3(c4ccccc4)O[C@@H]1C1C4O[C@]4(CO)[C@@H](O)[C@]4(O)C(=O)C(C)CC4[C@@]1(O3)[C@H](C)[C@H]2OC(=O)c1ccccc1. The number of carbonyl (C=O) groups excluding carboxylic acids is 2. The number of aliphatic hydroxyl groups is 3. The van der Waals surface area contributed by atoms with Crippen molar-refractivity contribution in [1.82, 2.24) is 0 Å². The van der Waals surface area contributed by atoms with E-state index in [-0.39, 0.29) is 6.42 Å². The average Bonchev–Trinajstić information content (AvgIpc) is 3.65. The molecule has 0 amide bonds. The van der Waals surface area contributed by atoms with Crippen molar-refractivity contribution in [3.8, 4) is 0 Å². The summed E-state index contributed by atoms with van der Waals surface area (Å²) < 4.78 is 33.5. The van der Waals surface area contributed by atoms with E-state index in [1.54, 1.807) is 56.3 Å². The van der Waals surface area contributed by atoms with E-state index < -0.39 is 94.8 Å². The Labute approximate surface area is 254 Å². The lowest BCUT2D eigenvalue weighted by Gasteiger charge is -2.61. The average molecular weight is 605 g/mol. The van der Waals surface area contributed by atoms with E-state index in [4.69, 9.17) is 23.7 Å². The Kier molecular flexibility index (Phi) is 5.73. The van der Waals surface area contributed by atoms with Gasteiger partial charge >= 0.3 is 11.9 Å². The van der Waals surface area contributed by atoms with E-state index in [0.717, 1.165) is 0 Å². The van der Waals surface area contributed by atoms with E-state index >= 15 is 0 Å². The number of fused-ring (bicyclic) bond motifs is 3. The first kappa shape index (κ1) is 28.5. The smallest absolute Gasteiger partial charge is 0.338 e. The Morgan fingerprint density at radius 3 is 2.32 bits per heavy atom. The number of aliphatic hydroxyl groups excluding tert-OH is 2. The summed E-state index contributed by atoms with van der Waals surface area (Å²) in [7, 11) is 0. The fraction of sp³-hybridized carbons (Fsp3) is 0.529. The van der Waals surface area contributed by atoms with Gasteiger partial charge in [0.1, 0.15) is 30.0 Å². The zero-order valence-corrected chi connectivity index (χ0v) is 24.7. The second-order valence-corrected chi connectivity index (χ2v) is 13.5. The summed E-state index contributed by atoms with van der Waals surface area (Å²) in [6.45, 7) is 9.02. The van der Waals surface area contributed by atoms with E-state index in [1.165, 1.54) is 0 Å². The molecule has 3 aliphatic carbocycles. The summed E-state index contributed by atoms with van der Waals surface area (Å²) >= 11 is 0. The van der Waals surface area contributed by atoms with Crippen LogP contribution < -0.4 is 0 Å². The number of benzene rings is 2. The van der Waals surface area contributed by atoms with Crippen molar-refractivity contribution in [3.05, 3.63) is 83.9 Å². The Hall–Kier alpha value is -2.96. The van der Waals surface area contributed by atoms with Gasteiger partial charge < -0.3 is 39.0 Å². The molecule has 0 aromatic heterocycles. The maximum Gasteiger partial charge on any atom is 0.338 e. The molecule has 13 atom stereocenters. The monoisotopic (exact) mass is 604 g/mol. The third kappa shape index (κ3) is 3.05. The molecule has 3 heterocycles. The van der Waals surface area contributed by atoms with E-state index in [9.17, 15) is 24.9 Å². The van der Waals surface area contributed by atoms with Crippen molar-refractivity contribution >= 4 is 11.8 Å². The summed E-state index contributed by atoms with van der Waals surface area (Å²) in [6, 6.07) is 17.7. The molecule has 6 aliphatic rings. The van der Waals surface area contributed by atoms with Crippen LogP contribution in [0.15, 0.2) is 72.8 Å². The summed E-state index contributed by atoms with van der Waals surface area (Å²) in [5.41, 5.74) is -5.52. The van der Waals surface area contributed by atoms with Crippen LogP contribution in [0.3, 0.4) is 0 Å². The molecule has 3 saturated heterocycles. The minimum Gasteiger partial charge on any atom is -0.455 e. The van der Waals surface area contributed by atoms with Gasteiger partial charge in [0.25, 0.3) is 0 Å². The van der Waals surface area contributed by atoms with Crippen LogP contribution in [0.4, 0.5) is 0 Å². The molecule has 3 bridgehead atoms. The van der Waals surface area contributed by atoms with E-state index in [2.05, 4.69) is 6.58 Å². The van der Waals surface area contributed by atoms with Crippen molar-refractivity contribution in [2.24, 2.45) is 23.7 Å². The number of ketones is 1. The highest BCUT2D eigenvalue weighted by atomic mass is 16.9. The molecule has 10 heteroatoms. The van der Waals surface area contributed by atoms with Gasteiger partial charge in [-0.25, -0.2) is 4.79 Å². The van der Waals surface area contributed by atoms with Crippen LogP contribution in [0.25, 0.3) is 0 Å². The summed E-state index contributed by atoms with van der Waals surface area (Å²) in [5, 5.41) is 34.9. The molecule has 232 valence electrons. The molecule has 6 fully saturated rings. The molecule has 2 aromatic rings. The van der Waals surface area contributed by atoms with Crippen LogP contribution in [-0.2, 0) is 34.5 Å². The number of epoxide rings is 1. The fourth-order valence-corrected chi connectivity index (χ4v) is 9.52. The van der Waals surface area contributed by atoms with Gasteiger partial charge in [-0.05, 0) is 31.1 Å². The lowest BCUT2D eigenvalue weighted by atomic mass is 9.52. The molecule has 2 aromatic carbocycles. The van der Waals surface area contributed by atoms with Gasteiger partial charge in [0.15, 0.2) is 17.0 Å². The maximum atomic E-state index is 13.9. The maximum absolute atomic E-state index is 13.9. The Morgan fingerprint density at radius 2 is 1.68 bits per heavy atom.